The Hall–Kier alpha value is -5.80. The molecule has 28 heteroatoms. The molecule has 17 nitrogen and oxygen atoms in total. The van der Waals surface area contributed by atoms with Crippen LogP contribution in [0.25, 0.3) is 0 Å². The van der Waals surface area contributed by atoms with Crippen LogP contribution in [0.5, 0.6) is 0 Å². The van der Waals surface area contributed by atoms with Crippen molar-refractivity contribution < 1.29 is 75.4 Å². The van der Waals surface area contributed by atoms with Crippen LogP contribution in [0, 0.1) is 0 Å². The Kier molecular flexibility index (Phi) is 25.3. The van der Waals surface area contributed by atoms with E-state index in [-0.39, 0.29) is 56.0 Å². The van der Waals surface area contributed by atoms with Gasteiger partial charge in [-0.3, -0.25) is 14.4 Å². The molecule has 4 aromatic rings. The molecule has 0 radical (unpaired) electrons. The van der Waals surface area contributed by atoms with E-state index in [0.717, 1.165) is 69.4 Å². The van der Waals surface area contributed by atoms with E-state index in [2.05, 4.69) is 106 Å². The van der Waals surface area contributed by atoms with E-state index >= 15 is 0 Å². The van der Waals surface area contributed by atoms with Crippen molar-refractivity contribution in [3.05, 3.63) is 61.2 Å². The molecule has 74 heavy (non-hydrogen) atoms. The first-order valence-electron chi connectivity index (χ1n) is 23.7. The van der Waals surface area contributed by atoms with Crippen LogP contribution >= 0.6 is 15.9 Å². The minimum absolute atomic E-state index is 0. The average Bonchev–Trinajstić information content (AvgIpc) is 4.03. The molecule has 2 aliphatic rings. The van der Waals surface area contributed by atoms with Gasteiger partial charge in [-0.2, -0.15) is 39.5 Å². The fraction of sp³-hybridized carbons (Fsp3) is 0.543. The summed E-state index contributed by atoms with van der Waals surface area (Å²) in [6, 6.07) is 12.0. The second-order valence-electron chi connectivity index (χ2n) is 16.2. The number of alkyl halides is 10. The van der Waals surface area contributed by atoms with E-state index in [4.69, 9.17) is 0 Å². The maximum absolute atomic E-state index is 12.4. The number of ketones is 1. The van der Waals surface area contributed by atoms with Gasteiger partial charge in [0.05, 0.1) is 53.9 Å². The number of hydrogen-bond donors (Lipinski definition) is 3. The second kappa shape index (κ2) is 29.9. The zero-order valence-corrected chi connectivity index (χ0v) is 44.5. The van der Waals surface area contributed by atoms with Gasteiger partial charge in [0.15, 0.2) is 0 Å². The number of halogens is 11. The van der Waals surface area contributed by atoms with Crippen molar-refractivity contribution in [2.24, 2.45) is 20.5 Å². The van der Waals surface area contributed by atoms with Crippen LogP contribution in [0.4, 0.5) is 85.5 Å². The van der Waals surface area contributed by atoms with Crippen molar-refractivity contribution in [1.29, 1.82) is 0 Å². The fourth-order valence-electron chi connectivity index (χ4n) is 7.54. The topological polar surface area (TPSA) is 175 Å². The minimum atomic E-state index is -4.98. The molecule has 410 valence electrons. The Morgan fingerprint density at radius 2 is 1.15 bits per heavy atom. The number of imidazole rings is 2. The number of aromatic nitrogens is 4. The number of nitrogens with zero attached hydrogens (tertiary/aromatic N) is 11. The molecular weight excluding hydrogens is 1130 g/mol. The van der Waals surface area contributed by atoms with Gasteiger partial charge in [0, 0.05) is 94.7 Å². The summed E-state index contributed by atoms with van der Waals surface area (Å²) < 4.78 is 112. The summed E-state index contributed by atoms with van der Waals surface area (Å²) in [6.45, 7) is 16.0. The van der Waals surface area contributed by atoms with Crippen LogP contribution in [-0.4, -0.2) is 121 Å². The van der Waals surface area contributed by atoms with Crippen molar-refractivity contribution >= 4 is 79.5 Å². The number of hydrogen-bond acceptors (Lipinski definition) is 12. The van der Waals surface area contributed by atoms with Gasteiger partial charge in [-0.25, -0.2) is 14.1 Å². The number of unbranched alkanes of at least 4 members (excludes halogenated alkanes) is 1. The first kappa shape index (κ1) is 62.5. The summed E-state index contributed by atoms with van der Waals surface area (Å²) >= 11 is 3.06. The molecule has 2 aromatic heterocycles. The number of aryl methyl sites for hydroxylation is 2. The number of aromatic amines is 1. The van der Waals surface area contributed by atoms with E-state index in [9.17, 15) is 53.9 Å². The summed E-state index contributed by atoms with van der Waals surface area (Å²) in [5, 5.41) is 21.4. The van der Waals surface area contributed by atoms with Crippen LogP contribution in [0.1, 0.15) is 59.8 Å². The maximum atomic E-state index is 12.4. The van der Waals surface area contributed by atoms with Crippen molar-refractivity contribution in [3.63, 3.8) is 0 Å². The number of benzene rings is 2. The average molecular weight is 1190 g/mol. The molecule has 0 atom stereocenters. The number of rotatable bonds is 20. The highest BCUT2D eigenvalue weighted by molar-refractivity contribution is 9.09. The van der Waals surface area contributed by atoms with Crippen LogP contribution in [-0.2, 0) is 27.5 Å². The van der Waals surface area contributed by atoms with Crippen LogP contribution in [0.3, 0.4) is 0 Å². The van der Waals surface area contributed by atoms with Gasteiger partial charge in [0.25, 0.3) is 0 Å². The number of likely N-dealkylation sites (N-methyl/N-ethyl adjacent to an activating group) is 4. The quantitative estimate of drug-likeness (QED) is 0.0275. The third kappa shape index (κ3) is 19.2. The molecule has 0 unspecified atom stereocenters. The summed E-state index contributed by atoms with van der Waals surface area (Å²) in [7, 11) is 0. The number of carbonyl (C=O) groups is 3. The van der Waals surface area contributed by atoms with Gasteiger partial charge in [-0.15, -0.1) is 10.2 Å². The van der Waals surface area contributed by atoms with E-state index in [1.807, 2.05) is 34.9 Å². The zero-order valence-electron chi connectivity index (χ0n) is 41.3. The number of nitrogens with one attached hydrogen (secondary N) is 3. The van der Waals surface area contributed by atoms with Gasteiger partial charge in [-0.05, 0) is 89.8 Å². The first-order valence-corrected chi connectivity index (χ1v) is 24.8. The standard InChI is InChI=1S/C25H32F6N8O2.C15H20N6.C6H8BrF3O.BrH/c1-3-36-13-14-37(4-2)20-17-18(7-8-19(20)36)34-35-23-38(11-5-9-32-21(40)24(26,27)28)15-16-39(23)12-6-10-33-22(41)25(29,30)31;1-3-20-9-10-21(4-2)14-11-12(5-6-13(14)20)18-19-15-16-7-8-17-15;7-4-2-1-3-5(11)6(8,9)10;/h7-8,15-17H,3-6,9-14H2,1-2H3,(H-,32,33,40,41);5-8,11H,3-4,9-10H2,1-2H3,(H,16,17);1-4H2;1H. The summed E-state index contributed by atoms with van der Waals surface area (Å²) in [4.78, 5) is 48.6. The second-order valence-corrected chi connectivity index (χ2v) is 17.0. The molecule has 3 N–H and O–H groups in total. The predicted molar refractivity (Wildman–Crippen MR) is 262 cm³/mol. The highest BCUT2D eigenvalue weighted by Crippen LogP contribution is 2.38. The fourth-order valence-corrected chi connectivity index (χ4v) is 7.93. The van der Waals surface area contributed by atoms with Gasteiger partial charge >= 0.3 is 36.3 Å². The summed E-state index contributed by atoms with van der Waals surface area (Å²) in [5.41, 5.74) is 6.03. The number of H-pyrrole nitrogens is 1. The molecule has 0 bridgehead atoms. The molecule has 0 saturated heterocycles. The number of carbonyl (C=O) groups excluding carboxylic acids is 3. The Morgan fingerprint density at radius 1 is 0.662 bits per heavy atom. The van der Waals surface area contributed by atoms with E-state index in [1.54, 1.807) is 33.9 Å². The number of azo groups is 2. The van der Waals surface area contributed by atoms with Crippen molar-refractivity contribution in [3.8, 4) is 0 Å². The SMILES string of the molecule is CCN1CCN(CC)c2cc(N=Nc3n(CCCNC(=O)C(F)(F)F)cc[n+]3CCCNC(=O)C(F)(F)F)ccc21.CCN1CCN(CC)c2cc(N=Nc3ncc[nH]3)ccc21.O=C(CCCCBr)C(F)(F)F.[Br-]. The Balaban J connectivity index is 0.000000360. The summed E-state index contributed by atoms with van der Waals surface area (Å²) in [5.74, 6) is -4.87. The third-order valence-corrected chi connectivity index (χ3v) is 11.9. The van der Waals surface area contributed by atoms with Crippen molar-refractivity contribution in [2.45, 2.75) is 91.4 Å². The van der Waals surface area contributed by atoms with Gasteiger partial charge < -0.3 is 52.2 Å². The van der Waals surface area contributed by atoms with Crippen molar-refractivity contribution in [2.75, 3.05) is 90.4 Å². The molecule has 0 fully saturated rings. The maximum Gasteiger partial charge on any atom is 0.471 e. The van der Waals surface area contributed by atoms with Crippen LogP contribution < -0.4 is 51.8 Å². The number of amides is 2. The lowest BCUT2D eigenvalue weighted by Gasteiger charge is -2.38. The van der Waals surface area contributed by atoms with Crippen LogP contribution in [0.15, 0.2) is 81.6 Å². The summed E-state index contributed by atoms with van der Waals surface area (Å²) in [6.07, 6.45) is -7.18. The van der Waals surface area contributed by atoms with Crippen LogP contribution in [0.2, 0.25) is 0 Å². The molecule has 0 spiro atoms. The lowest BCUT2D eigenvalue weighted by atomic mass is 10.1. The van der Waals surface area contributed by atoms with Gasteiger partial charge in [-0.1, -0.05) is 21.0 Å². The lowest BCUT2D eigenvalue weighted by Crippen LogP contribution is -3.00. The van der Waals surface area contributed by atoms with E-state index in [0.29, 0.717) is 35.8 Å². The lowest BCUT2D eigenvalue weighted by molar-refractivity contribution is -0.683. The Bertz CT molecular complexity index is 2380. The van der Waals surface area contributed by atoms with Gasteiger partial charge in [0.2, 0.25) is 11.7 Å². The number of fused-ring (bicyclic) bond motifs is 2. The van der Waals surface area contributed by atoms with Crippen molar-refractivity contribution in [1.82, 2.24) is 25.2 Å². The highest BCUT2D eigenvalue weighted by Gasteiger charge is 2.39. The first-order chi connectivity index (χ1) is 34.6. The smallest absolute Gasteiger partial charge is 0.471 e. The number of Topliss-reactive ketones (excluding diaryl/α,β-unsaturated/α-hetero) is 1. The normalized spacial score (nSPS) is 13.6. The molecular formula is C46H61Br2F9N14O3. The molecule has 0 saturated carbocycles. The molecule has 2 aliphatic heterocycles. The molecule has 2 aromatic carbocycles. The zero-order chi connectivity index (χ0) is 53.8. The molecule has 2 amide bonds. The molecule has 0 aliphatic carbocycles. The predicted octanol–water partition coefficient (Wildman–Crippen LogP) is 7.17. The van der Waals surface area contributed by atoms with Gasteiger partial charge in [0.1, 0.15) is 5.69 Å². The Morgan fingerprint density at radius 3 is 1.59 bits per heavy atom. The van der Waals surface area contributed by atoms with E-state index in [1.165, 1.54) is 11.4 Å². The highest BCUT2D eigenvalue weighted by atomic mass is 79.9. The third-order valence-electron chi connectivity index (χ3n) is 11.4. The van der Waals surface area contributed by atoms with E-state index < -0.39 is 42.5 Å². The largest absolute Gasteiger partial charge is 1.00 e. The molecule has 4 heterocycles. The number of anilines is 4. The Labute approximate surface area is 441 Å². The molecule has 6 rings (SSSR count). The monoisotopic (exact) mass is 1190 g/mol. The minimum Gasteiger partial charge on any atom is -1.00 e.